The average Bonchev–Trinajstić information content (AvgIpc) is 3.00. The zero-order valence-corrected chi connectivity index (χ0v) is 20.1. The van der Waals surface area contributed by atoms with Crippen molar-refractivity contribution in [2.24, 2.45) is 0 Å². The molecule has 2 aromatic carbocycles. The first-order chi connectivity index (χ1) is 16.9. The lowest BCUT2D eigenvalue weighted by molar-refractivity contribution is -0.132. The number of hydrogen-bond acceptors (Lipinski definition) is 7. The van der Waals surface area contributed by atoms with E-state index in [2.05, 4.69) is 16.7 Å². The fourth-order valence-electron chi connectivity index (χ4n) is 4.10. The van der Waals surface area contributed by atoms with Crippen LogP contribution in [0, 0.1) is 11.3 Å². The number of nitrogens with one attached hydrogen (secondary N) is 2. The van der Waals surface area contributed by atoms with Crippen LogP contribution in [0.1, 0.15) is 12.0 Å². The molecule has 4 rings (SSSR count). The smallest absolute Gasteiger partial charge is 0.408 e. The molecule has 9 heteroatoms. The molecule has 1 saturated heterocycles. The molecule has 35 heavy (non-hydrogen) atoms. The largest absolute Gasteiger partial charge is 0.419 e. The highest BCUT2D eigenvalue weighted by molar-refractivity contribution is 5.82. The minimum atomic E-state index is -0.645. The number of oxazole rings is 1. The number of likely N-dealkylation sites (N-methyl/N-ethyl adjacent to an activating group) is 1. The summed E-state index contributed by atoms with van der Waals surface area (Å²) in [6.07, 6.45) is 0.677. The van der Waals surface area contributed by atoms with Crippen molar-refractivity contribution in [3.8, 4) is 17.2 Å². The van der Waals surface area contributed by atoms with Crippen LogP contribution in [0.5, 0.6) is 0 Å². The number of nitriles is 1. The third-order valence-corrected chi connectivity index (χ3v) is 6.08. The van der Waals surface area contributed by atoms with Gasteiger partial charge in [-0.1, -0.05) is 30.3 Å². The Kier molecular flexibility index (Phi) is 7.98. The molecule has 0 spiro atoms. The molecule has 2 heterocycles. The van der Waals surface area contributed by atoms with Crippen LogP contribution in [0.25, 0.3) is 22.2 Å². The molecule has 0 aliphatic carbocycles. The lowest BCUT2D eigenvalue weighted by Gasteiger charge is -2.18. The first-order valence-corrected chi connectivity index (χ1v) is 11.8. The minimum Gasteiger partial charge on any atom is -0.408 e. The van der Waals surface area contributed by atoms with Gasteiger partial charge in [0.2, 0.25) is 0 Å². The van der Waals surface area contributed by atoms with E-state index in [1.165, 1.54) is 0 Å². The molecule has 1 amide bonds. The maximum absolute atomic E-state index is 12.5. The molecular formula is C26H31N5O4. The number of carbonyl (C=O) groups excluding carboxylic acids is 1. The lowest BCUT2D eigenvalue weighted by Crippen LogP contribution is -2.46. The third-order valence-electron chi connectivity index (χ3n) is 6.08. The highest BCUT2D eigenvalue weighted by atomic mass is 16.5. The van der Waals surface area contributed by atoms with Crippen molar-refractivity contribution >= 4 is 17.0 Å². The highest BCUT2D eigenvalue weighted by Gasteiger charge is 2.23. The van der Waals surface area contributed by atoms with Gasteiger partial charge in [0.1, 0.15) is 12.1 Å². The van der Waals surface area contributed by atoms with E-state index in [1.54, 1.807) is 4.57 Å². The molecule has 1 fully saturated rings. The van der Waals surface area contributed by atoms with E-state index in [4.69, 9.17) is 9.15 Å². The van der Waals surface area contributed by atoms with Gasteiger partial charge in [0.25, 0.3) is 5.91 Å². The van der Waals surface area contributed by atoms with Gasteiger partial charge in [-0.15, -0.1) is 0 Å². The van der Waals surface area contributed by atoms with Crippen molar-refractivity contribution in [1.82, 2.24) is 20.1 Å². The predicted molar refractivity (Wildman–Crippen MR) is 133 cm³/mol. The summed E-state index contributed by atoms with van der Waals surface area (Å²) < 4.78 is 12.6. The SMILES string of the molecule is CN(C)CCn1c(=O)oc2ccc(-c3ccc(C[C@@H](C#N)NC(=O)C4CNCCCO4)cc3)cc21. The monoisotopic (exact) mass is 477 g/mol. The molecule has 1 aliphatic rings. The van der Waals surface area contributed by atoms with Gasteiger partial charge in [0, 0.05) is 32.7 Å². The zero-order chi connectivity index (χ0) is 24.8. The number of benzene rings is 2. The normalized spacial score (nSPS) is 17.1. The van der Waals surface area contributed by atoms with E-state index >= 15 is 0 Å². The van der Waals surface area contributed by atoms with E-state index < -0.39 is 12.1 Å². The molecule has 3 aromatic rings. The summed E-state index contributed by atoms with van der Waals surface area (Å²) in [6.45, 7) is 3.07. The van der Waals surface area contributed by atoms with Crippen molar-refractivity contribution in [2.75, 3.05) is 40.3 Å². The molecule has 0 radical (unpaired) electrons. The number of amides is 1. The fraction of sp³-hybridized carbons (Fsp3) is 0.423. The van der Waals surface area contributed by atoms with Crippen molar-refractivity contribution in [3.63, 3.8) is 0 Å². The van der Waals surface area contributed by atoms with Crippen molar-refractivity contribution in [1.29, 1.82) is 5.26 Å². The Labute approximate surface area is 204 Å². The second-order valence-corrected chi connectivity index (χ2v) is 9.01. The van der Waals surface area contributed by atoms with E-state index in [0.29, 0.717) is 31.7 Å². The predicted octanol–water partition coefficient (Wildman–Crippen LogP) is 1.75. The van der Waals surface area contributed by atoms with Gasteiger partial charge in [-0.3, -0.25) is 9.36 Å². The van der Waals surface area contributed by atoms with E-state index in [-0.39, 0.29) is 11.7 Å². The van der Waals surface area contributed by atoms with Crippen LogP contribution >= 0.6 is 0 Å². The Morgan fingerprint density at radius 3 is 2.77 bits per heavy atom. The lowest BCUT2D eigenvalue weighted by atomic mass is 10.0. The second-order valence-electron chi connectivity index (χ2n) is 9.01. The van der Waals surface area contributed by atoms with Gasteiger partial charge in [-0.25, -0.2) is 4.79 Å². The summed E-state index contributed by atoms with van der Waals surface area (Å²) in [5, 5.41) is 15.5. The molecular weight excluding hydrogens is 446 g/mol. The Balaban J connectivity index is 1.45. The maximum atomic E-state index is 12.5. The van der Waals surface area contributed by atoms with Crippen molar-refractivity contribution in [3.05, 3.63) is 58.6 Å². The number of aromatic nitrogens is 1. The summed E-state index contributed by atoms with van der Waals surface area (Å²) in [6, 6.07) is 15.1. The van der Waals surface area contributed by atoms with Gasteiger partial charge in [0.15, 0.2) is 5.58 Å². The average molecular weight is 478 g/mol. The van der Waals surface area contributed by atoms with Crippen LogP contribution in [0.4, 0.5) is 0 Å². The van der Waals surface area contributed by atoms with Crippen LogP contribution in [-0.2, 0) is 22.5 Å². The molecule has 1 aromatic heterocycles. The number of rotatable bonds is 8. The van der Waals surface area contributed by atoms with Crippen LogP contribution in [-0.4, -0.2) is 67.9 Å². The van der Waals surface area contributed by atoms with Crippen LogP contribution in [0.3, 0.4) is 0 Å². The first-order valence-electron chi connectivity index (χ1n) is 11.8. The molecule has 0 saturated carbocycles. The molecule has 184 valence electrons. The standard InChI is InChI=1S/C26H31N5O4/c1-30(2)11-12-31-22-15-20(8-9-23(22)35-26(31)33)19-6-4-18(5-7-19)14-21(16-27)29-25(32)24-17-28-10-3-13-34-24/h4-9,15,21,24,28H,3,10-14,17H2,1-2H3,(H,29,32)/t21-,24?/m0/s1. The summed E-state index contributed by atoms with van der Waals surface area (Å²) in [5.74, 6) is -0.625. The van der Waals surface area contributed by atoms with Crippen molar-refractivity contribution < 1.29 is 13.9 Å². The topological polar surface area (TPSA) is 113 Å². The van der Waals surface area contributed by atoms with Crippen LogP contribution in [0.2, 0.25) is 0 Å². The fourth-order valence-corrected chi connectivity index (χ4v) is 4.10. The van der Waals surface area contributed by atoms with Gasteiger partial charge in [-0.05, 0) is 55.9 Å². The molecule has 1 unspecified atom stereocenters. The Bertz CT molecular complexity index is 1250. The Morgan fingerprint density at radius 1 is 1.26 bits per heavy atom. The quantitative estimate of drug-likeness (QED) is 0.508. The molecule has 0 bridgehead atoms. The number of fused-ring (bicyclic) bond motifs is 1. The molecule has 2 N–H and O–H groups in total. The third kappa shape index (κ3) is 6.17. The summed E-state index contributed by atoms with van der Waals surface area (Å²) >= 11 is 0. The van der Waals surface area contributed by atoms with Crippen LogP contribution in [0.15, 0.2) is 51.7 Å². The zero-order valence-electron chi connectivity index (χ0n) is 20.1. The van der Waals surface area contributed by atoms with Gasteiger partial charge in [-0.2, -0.15) is 5.26 Å². The van der Waals surface area contributed by atoms with Crippen LogP contribution < -0.4 is 16.4 Å². The van der Waals surface area contributed by atoms with Gasteiger partial charge >= 0.3 is 5.76 Å². The number of nitrogens with zero attached hydrogens (tertiary/aromatic N) is 3. The Hall–Kier alpha value is -3.45. The highest BCUT2D eigenvalue weighted by Crippen LogP contribution is 2.25. The summed E-state index contributed by atoms with van der Waals surface area (Å²) in [5.41, 5.74) is 4.22. The number of carbonyl (C=O) groups is 1. The summed E-state index contributed by atoms with van der Waals surface area (Å²) in [7, 11) is 3.93. The Morgan fingerprint density at radius 2 is 2.03 bits per heavy atom. The van der Waals surface area contributed by atoms with Crippen molar-refractivity contribution in [2.45, 2.75) is 31.5 Å². The number of hydrogen-bond donors (Lipinski definition) is 2. The van der Waals surface area contributed by atoms with E-state index in [9.17, 15) is 14.9 Å². The number of ether oxygens (including phenoxy) is 1. The summed E-state index contributed by atoms with van der Waals surface area (Å²) in [4.78, 5) is 26.8. The maximum Gasteiger partial charge on any atom is 0.419 e. The van der Waals surface area contributed by atoms with Gasteiger partial charge in [0.05, 0.1) is 11.6 Å². The minimum absolute atomic E-state index is 0.267. The van der Waals surface area contributed by atoms with E-state index in [1.807, 2.05) is 61.5 Å². The molecule has 9 nitrogen and oxygen atoms in total. The van der Waals surface area contributed by atoms with E-state index in [0.717, 1.165) is 41.7 Å². The molecule has 2 atom stereocenters. The second kappa shape index (κ2) is 11.3. The first kappa shape index (κ1) is 24.7. The molecule has 1 aliphatic heterocycles. The van der Waals surface area contributed by atoms with Gasteiger partial charge < -0.3 is 24.7 Å².